The van der Waals surface area contributed by atoms with Crippen LogP contribution in [0, 0.1) is 5.92 Å². The van der Waals surface area contributed by atoms with Crippen LogP contribution in [0.1, 0.15) is 30.1 Å². The second kappa shape index (κ2) is 7.98. The molecule has 1 N–H and O–H groups in total. The number of carbonyl (C=O) groups is 1. The summed E-state index contributed by atoms with van der Waals surface area (Å²) >= 11 is 0. The molecule has 0 aromatic heterocycles. The van der Waals surface area contributed by atoms with Crippen LogP contribution < -0.4 is 4.74 Å². The second-order valence-corrected chi connectivity index (χ2v) is 6.19. The summed E-state index contributed by atoms with van der Waals surface area (Å²) in [5.74, 6) is -0.866. The molecule has 0 amide bonds. The zero-order valence-electron chi connectivity index (χ0n) is 13.6. The van der Waals surface area contributed by atoms with Crippen LogP contribution in [0.5, 0.6) is 5.75 Å². The van der Waals surface area contributed by atoms with Crippen molar-refractivity contribution in [1.29, 1.82) is 0 Å². The third-order valence-electron chi connectivity index (χ3n) is 4.14. The van der Waals surface area contributed by atoms with Crippen LogP contribution in [0.25, 0.3) is 0 Å². The lowest BCUT2D eigenvalue weighted by Crippen LogP contribution is -2.45. The van der Waals surface area contributed by atoms with Gasteiger partial charge in [-0.05, 0) is 50.6 Å². The molecular weight excluding hydrogens is 323 g/mol. The number of piperidine rings is 1. The number of aliphatic hydroxyl groups excluding tert-OH is 1. The van der Waals surface area contributed by atoms with E-state index in [9.17, 15) is 23.1 Å². The van der Waals surface area contributed by atoms with E-state index in [0.717, 1.165) is 0 Å². The third kappa shape index (κ3) is 5.49. The van der Waals surface area contributed by atoms with Gasteiger partial charge in [0.1, 0.15) is 18.5 Å². The number of carbonyl (C=O) groups excluding carboxylic acids is 1. The summed E-state index contributed by atoms with van der Waals surface area (Å²) in [7, 11) is 0. The van der Waals surface area contributed by atoms with E-state index in [4.69, 9.17) is 4.74 Å². The van der Waals surface area contributed by atoms with E-state index < -0.39 is 18.2 Å². The van der Waals surface area contributed by atoms with E-state index in [2.05, 4.69) is 0 Å². The van der Waals surface area contributed by atoms with Gasteiger partial charge in [-0.1, -0.05) is 0 Å². The molecule has 2 rings (SSSR count). The highest BCUT2D eigenvalue weighted by atomic mass is 19.4. The molecular formula is C17H22F3NO3. The highest BCUT2D eigenvalue weighted by molar-refractivity contribution is 5.94. The van der Waals surface area contributed by atoms with E-state index >= 15 is 0 Å². The number of ether oxygens (including phenoxy) is 1. The Morgan fingerprint density at radius 2 is 2.04 bits per heavy atom. The van der Waals surface area contributed by atoms with E-state index in [1.807, 2.05) is 0 Å². The zero-order chi connectivity index (χ0) is 17.7. The monoisotopic (exact) mass is 345 g/mol. The van der Waals surface area contributed by atoms with Gasteiger partial charge in [-0.3, -0.25) is 4.79 Å². The Bertz CT molecular complexity index is 545. The normalized spacial score (nSPS) is 20.6. The molecule has 1 aliphatic rings. The van der Waals surface area contributed by atoms with Crippen molar-refractivity contribution in [3.8, 4) is 5.75 Å². The van der Waals surface area contributed by atoms with Crippen LogP contribution in [-0.4, -0.2) is 54.3 Å². The third-order valence-corrected chi connectivity index (χ3v) is 4.14. The predicted octanol–water partition coefficient (Wildman–Crippen LogP) is 2.90. The minimum atomic E-state index is -4.18. The fraction of sp³-hybridized carbons (Fsp3) is 0.588. The molecule has 0 spiro atoms. The van der Waals surface area contributed by atoms with Crippen molar-refractivity contribution in [2.24, 2.45) is 5.92 Å². The van der Waals surface area contributed by atoms with E-state index in [1.54, 1.807) is 29.2 Å². The Kier molecular flexibility index (Phi) is 6.23. The molecule has 1 heterocycles. The van der Waals surface area contributed by atoms with Crippen LogP contribution in [0.3, 0.4) is 0 Å². The van der Waals surface area contributed by atoms with Crippen molar-refractivity contribution in [3.05, 3.63) is 29.8 Å². The molecule has 0 aliphatic carbocycles. The van der Waals surface area contributed by atoms with Gasteiger partial charge in [0.05, 0.1) is 5.92 Å². The summed E-state index contributed by atoms with van der Waals surface area (Å²) in [6.07, 6.45) is -4.43. The second-order valence-electron chi connectivity index (χ2n) is 6.19. The molecule has 4 nitrogen and oxygen atoms in total. The molecule has 1 aromatic carbocycles. The minimum Gasteiger partial charge on any atom is -0.491 e. The number of benzene rings is 1. The number of halogens is 3. The maximum absolute atomic E-state index is 12.8. The Balaban J connectivity index is 1.78. The van der Waals surface area contributed by atoms with Crippen LogP contribution >= 0.6 is 0 Å². The molecule has 1 aromatic rings. The fourth-order valence-electron chi connectivity index (χ4n) is 2.82. The first-order valence-corrected chi connectivity index (χ1v) is 7.96. The number of rotatable bonds is 6. The molecule has 1 saturated heterocycles. The van der Waals surface area contributed by atoms with Crippen molar-refractivity contribution in [2.75, 3.05) is 26.2 Å². The maximum atomic E-state index is 12.8. The SMILES string of the molecule is CC(=O)c1ccc(OC[C@@H](O)CN2CCC[C@H](C(F)(F)F)C2)cc1. The average molecular weight is 345 g/mol. The molecule has 2 atom stereocenters. The van der Waals surface area contributed by atoms with Gasteiger partial charge >= 0.3 is 6.18 Å². The summed E-state index contributed by atoms with van der Waals surface area (Å²) in [6.45, 7) is 2.09. The summed E-state index contributed by atoms with van der Waals surface area (Å²) in [4.78, 5) is 12.8. The maximum Gasteiger partial charge on any atom is 0.393 e. The van der Waals surface area contributed by atoms with Crippen molar-refractivity contribution >= 4 is 5.78 Å². The molecule has 24 heavy (non-hydrogen) atoms. The Morgan fingerprint density at radius 1 is 1.38 bits per heavy atom. The first-order chi connectivity index (χ1) is 11.3. The number of hydrogen-bond donors (Lipinski definition) is 1. The van der Waals surface area contributed by atoms with Crippen LogP contribution in [0.15, 0.2) is 24.3 Å². The van der Waals surface area contributed by atoms with Gasteiger partial charge in [0, 0.05) is 18.7 Å². The largest absolute Gasteiger partial charge is 0.491 e. The highest BCUT2D eigenvalue weighted by Crippen LogP contribution is 2.33. The van der Waals surface area contributed by atoms with Gasteiger partial charge in [-0.25, -0.2) is 0 Å². The topological polar surface area (TPSA) is 49.8 Å². The minimum absolute atomic E-state index is 0.00734. The van der Waals surface area contributed by atoms with Crippen molar-refractivity contribution in [3.63, 3.8) is 0 Å². The zero-order valence-corrected chi connectivity index (χ0v) is 13.6. The molecule has 1 aliphatic heterocycles. The Morgan fingerprint density at radius 3 is 2.62 bits per heavy atom. The first-order valence-electron chi connectivity index (χ1n) is 7.96. The molecule has 7 heteroatoms. The smallest absolute Gasteiger partial charge is 0.393 e. The van der Waals surface area contributed by atoms with Crippen molar-refractivity contribution in [2.45, 2.75) is 32.0 Å². The van der Waals surface area contributed by atoms with Gasteiger partial charge in [0.25, 0.3) is 0 Å². The van der Waals surface area contributed by atoms with Gasteiger partial charge in [-0.2, -0.15) is 13.2 Å². The Hall–Kier alpha value is -1.60. The summed E-state index contributed by atoms with van der Waals surface area (Å²) < 4.78 is 43.7. The number of hydrogen-bond acceptors (Lipinski definition) is 4. The van der Waals surface area contributed by atoms with E-state index in [0.29, 0.717) is 24.3 Å². The molecule has 1 fully saturated rings. The lowest BCUT2D eigenvalue weighted by molar-refractivity contribution is -0.187. The number of aliphatic hydroxyl groups is 1. The molecule has 134 valence electrons. The van der Waals surface area contributed by atoms with Gasteiger partial charge in [0.2, 0.25) is 0 Å². The number of ketones is 1. The number of nitrogens with zero attached hydrogens (tertiary/aromatic N) is 1. The highest BCUT2D eigenvalue weighted by Gasteiger charge is 2.41. The molecule has 0 unspecified atom stereocenters. The molecule has 0 radical (unpaired) electrons. The average Bonchev–Trinajstić information content (AvgIpc) is 2.53. The van der Waals surface area contributed by atoms with E-state index in [-0.39, 0.29) is 31.9 Å². The van der Waals surface area contributed by atoms with Gasteiger partial charge in [0.15, 0.2) is 5.78 Å². The van der Waals surface area contributed by atoms with Crippen molar-refractivity contribution < 1.29 is 27.8 Å². The first kappa shape index (κ1) is 18.7. The van der Waals surface area contributed by atoms with Crippen molar-refractivity contribution in [1.82, 2.24) is 4.90 Å². The van der Waals surface area contributed by atoms with Crippen LogP contribution in [0.4, 0.5) is 13.2 Å². The molecule has 0 saturated carbocycles. The standard InChI is InChI=1S/C17H22F3NO3/c1-12(22)13-4-6-16(7-5-13)24-11-15(23)10-21-8-2-3-14(9-21)17(18,19)20/h4-7,14-15,23H,2-3,8-11H2,1H3/t14-,15-/m0/s1. The van der Waals surface area contributed by atoms with Crippen LogP contribution in [-0.2, 0) is 0 Å². The van der Waals surface area contributed by atoms with E-state index in [1.165, 1.54) is 6.92 Å². The quantitative estimate of drug-likeness (QED) is 0.806. The number of β-amino-alcohol motifs (C(OH)–C–C–N with tert-alkyl or cyclic N) is 1. The number of alkyl halides is 3. The fourth-order valence-corrected chi connectivity index (χ4v) is 2.82. The lowest BCUT2D eigenvalue weighted by atomic mass is 9.97. The predicted molar refractivity (Wildman–Crippen MR) is 83.2 cm³/mol. The van der Waals surface area contributed by atoms with Gasteiger partial charge in [-0.15, -0.1) is 0 Å². The summed E-state index contributed by atoms with van der Waals surface area (Å²) in [5.41, 5.74) is 0.564. The lowest BCUT2D eigenvalue weighted by Gasteiger charge is -2.34. The summed E-state index contributed by atoms with van der Waals surface area (Å²) in [5, 5.41) is 9.99. The number of likely N-dealkylation sites (tertiary alicyclic amines) is 1. The Labute approximate surface area is 139 Å². The number of Topliss-reactive ketones (excluding diaryl/α,β-unsaturated/α-hetero) is 1. The van der Waals surface area contributed by atoms with Crippen LogP contribution in [0.2, 0.25) is 0 Å². The van der Waals surface area contributed by atoms with Gasteiger partial charge < -0.3 is 14.7 Å². The molecule has 0 bridgehead atoms. The summed E-state index contributed by atoms with van der Waals surface area (Å²) in [6, 6.07) is 6.51.